The first-order valence-electron chi connectivity index (χ1n) is 11.6. The molecule has 0 aliphatic carbocycles. The number of halogens is 1. The fraction of sp³-hybridized carbons (Fsp3) is 0.458. The SMILES string of the molecule is CC(Nc1cc(Cl)nc2c1ccn2[C@@H]1O[C@H](COCP(=O)(O)O)[C@H]2OC(C)(C)O[C@H]21)c1ccccc1. The summed E-state index contributed by atoms with van der Waals surface area (Å²) in [6.07, 6.45) is -1.02. The lowest BCUT2D eigenvalue weighted by Gasteiger charge is -2.25. The third-order valence-corrected chi connectivity index (χ3v) is 6.98. The first-order chi connectivity index (χ1) is 17.0. The van der Waals surface area contributed by atoms with Crippen LogP contribution in [0.4, 0.5) is 5.69 Å². The average Bonchev–Trinajstić information content (AvgIpc) is 3.44. The van der Waals surface area contributed by atoms with Gasteiger partial charge in [-0.3, -0.25) is 4.57 Å². The highest BCUT2D eigenvalue weighted by molar-refractivity contribution is 7.51. The van der Waals surface area contributed by atoms with Crippen molar-refractivity contribution in [3.8, 4) is 0 Å². The van der Waals surface area contributed by atoms with E-state index in [0.717, 1.165) is 16.6 Å². The number of nitrogens with zero attached hydrogens (tertiary/aromatic N) is 2. The summed E-state index contributed by atoms with van der Waals surface area (Å²) in [5.74, 6) is -0.856. The van der Waals surface area contributed by atoms with Gasteiger partial charge < -0.3 is 38.6 Å². The van der Waals surface area contributed by atoms with E-state index in [2.05, 4.69) is 29.4 Å². The van der Waals surface area contributed by atoms with Crippen LogP contribution in [0.25, 0.3) is 11.0 Å². The van der Waals surface area contributed by atoms with Gasteiger partial charge in [-0.2, -0.15) is 0 Å². The van der Waals surface area contributed by atoms with Crippen molar-refractivity contribution in [3.63, 3.8) is 0 Å². The Hall–Kier alpha value is -2.01. The molecule has 3 N–H and O–H groups in total. The normalized spacial score (nSPS) is 26.3. The first kappa shape index (κ1) is 25.6. The predicted octanol–water partition coefficient (Wildman–Crippen LogP) is 4.43. The van der Waals surface area contributed by atoms with Gasteiger partial charge in [-0.05, 0) is 38.5 Å². The maximum absolute atomic E-state index is 11.2. The second-order valence-corrected chi connectivity index (χ2v) is 11.5. The van der Waals surface area contributed by atoms with Gasteiger partial charge in [-0.25, -0.2) is 4.98 Å². The number of nitrogens with one attached hydrogen (secondary N) is 1. The molecule has 2 aliphatic rings. The highest BCUT2D eigenvalue weighted by atomic mass is 35.5. The molecule has 5 rings (SSSR count). The zero-order chi connectivity index (χ0) is 25.7. The number of aromatic nitrogens is 2. The van der Waals surface area contributed by atoms with Gasteiger partial charge in [0, 0.05) is 23.3 Å². The Labute approximate surface area is 213 Å². The molecule has 194 valence electrons. The molecule has 36 heavy (non-hydrogen) atoms. The molecule has 1 aromatic carbocycles. The fourth-order valence-corrected chi connectivity index (χ4v) is 5.32. The van der Waals surface area contributed by atoms with Crippen LogP contribution < -0.4 is 5.32 Å². The summed E-state index contributed by atoms with van der Waals surface area (Å²) in [7, 11) is -4.30. The Morgan fingerprint density at radius 3 is 2.67 bits per heavy atom. The summed E-state index contributed by atoms with van der Waals surface area (Å²) in [6, 6.07) is 13.9. The molecule has 2 aliphatic heterocycles. The zero-order valence-corrected chi connectivity index (χ0v) is 21.7. The van der Waals surface area contributed by atoms with E-state index in [1.165, 1.54) is 0 Å². The van der Waals surface area contributed by atoms with Crippen molar-refractivity contribution in [1.29, 1.82) is 0 Å². The third kappa shape index (κ3) is 5.32. The van der Waals surface area contributed by atoms with E-state index in [1.54, 1.807) is 6.07 Å². The van der Waals surface area contributed by atoms with Crippen molar-refractivity contribution in [3.05, 3.63) is 59.4 Å². The molecule has 0 radical (unpaired) electrons. The van der Waals surface area contributed by atoms with E-state index in [9.17, 15) is 4.57 Å². The van der Waals surface area contributed by atoms with Crippen LogP contribution in [-0.2, 0) is 23.5 Å². The summed E-state index contributed by atoms with van der Waals surface area (Å²) in [5.41, 5.74) is 2.58. The zero-order valence-electron chi connectivity index (χ0n) is 20.1. The van der Waals surface area contributed by atoms with Crippen LogP contribution >= 0.6 is 19.2 Å². The maximum atomic E-state index is 11.2. The van der Waals surface area contributed by atoms with Crippen molar-refractivity contribution in [2.75, 3.05) is 18.3 Å². The van der Waals surface area contributed by atoms with Crippen LogP contribution in [0.5, 0.6) is 0 Å². The van der Waals surface area contributed by atoms with E-state index in [-0.39, 0.29) is 12.6 Å². The van der Waals surface area contributed by atoms with Gasteiger partial charge in [0.05, 0.1) is 6.61 Å². The van der Waals surface area contributed by atoms with Gasteiger partial charge >= 0.3 is 7.60 Å². The van der Waals surface area contributed by atoms with Crippen LogP contribution in [0, 0.1) is 0 Å². The van der Waals surface area contributed by atoms with Crippen molar-refractivity contribution < 1.29 is 33.3 Å². The first-order valence-corrected chi connectivity index (χ1v) is 13.8. The smallest absolute Gasteiger partial charge is 0.350 e. The second-order valence-electron chi connectivity index (χ2n) is 9.52. The van der Waals surface area contributed by atoms with Gasteiger partial charge in [0.25, 0.3) is 0 Å². The van der Waals surface area contributed by atoms with Gasteiger partial charge in [0.2, 0.25) is 0 Å². The minimum atomic E-state index is -4.30. The number of pyridine rings is 1. The topological polar surface area (TPSA) is 124 Å². The molecule has 0 amide bonds. The van der Waals surface area contributed by atoms with Crippen LogP contribution in [0.2, 0.25) is 5.15 Å². The minimum Gasteiger partial charge on any atom is -0.378 e. The van der Waals surface area contributed by atoms with Crippen LogP contribution in [0.15, 0.2) is 48.7 Å². The molecular weight excluding hydrogens is 509 g/mol. The fourth-order valence-electron chi connectivity index (χ4n) is 4.79. The van der Waals surface area contributed by atoms with Crippen molar-refractivity contribution in [2.45, 2.75) is 57.1 Å². The number of benzene rings is 1. The van der Waals surface area contributed by atoms with E-state index in [1.807, 2.05) is 48.9 Å². The summed E-state index contributed by atoms with van der Waals surface area (Å²) in [6.45, 7) is 5.64. The quantitative estimate of drug-likeness (QED) is 0.282. The molecule has 0 saturated carbocycles. The average molecular weight is 538 g/mol. The lowest BCUT2D eigenvalue weighted by atomic mass is 10.1. The van der Waals surface area contributed by atoms with E-state index in [0.29, 0.717) is 10.8 Å². The van der Waals surface area contributed by atoms with Gasteiger partial charge in [-0.15, -0.1) is 0 Å². The Morgan fingerprint density at radius 1 is 1.22 bits per heavy atom. The number of hydrogen-bond donors (Lipinski definition) is 3. The molecule has 2 aromatic heterocycles. The van der Waals surface area contributed by atoms with Crippen LogP contribution in [-0.4, -0.2) is 56.4 Å². The number of anilines is 1. The van der Waals surface area contributed by atoms with Gasteiger partial charge in [0.1, 0.15) is 35.5 Å². The number of ether oxygens (including phenoxy) is 4. The van der Waals surface area contributed by atoms with E-state index >= 15 is 0 Å². The highest BCUT2D eigenvalue weighted by Gasteiger charge is 2.56. The predicted molar refractivity (Wildman–Crippen MR) is 134 cm³/mol. The largest absolute Gasteiger partial charge is 0.378 e. The molecule has 10 nitrogen and oxygen atoms in total. The summed E-state index contributed by atoms with van der Waals surface area (Å²) in [5, 5.41) is 4.71. The standard InChI is InChI=1S/C24H29ClN3O7P/c1-14(15-7-5-4-6-8-15)26-17-11-19(25)27-22-16(17)9-10-28(22)23-21-20(34-24(2,3)35-21)18(33-23)12-32-13-36(29,30)31/h4-11,14,18,20-21,23H,12-13H2,1-3H3,(H,26,27)(H2,29,30,31)/t14?,18-,20-,21-,23-/m1/s1. The molecule has 12 heteroatoms. The number of fused-ring (bicyclic) bond motifs is 2. The van der Waals surface area contributed by atoms with Crippen molar-refractivity contribution in [2.24, 2.45) is 0 Å². The Morgan fingerprint density at radius 2 is 1.94 bits per heavy atom. The third-order valence-electron chi connectivity index (χ3n) is 6.27. The molecule has 3 aromatic rings. The summed E-state index contributed by atoms with van der Waals surface area (Å²) < 4.78 is 36.8. The Balaban J connectivity index is 1.43. The van der Waals surface area contributed by atoms with E-state index in [4.69, 9.17) is 40.3 Å². The monoisotopic (exact) mass is 537 g/mol. The van der Waals surface area contributed by atoms with Gasteiger partial charge in [-0.1, -0.05) is 41.9 Å². The Bertz CT molecular complexity index is 1280. The van der Waals surface area contributed by atoms with Crippen molar-refractivity contribution >= 4 is 35.9 Å². The number of hydrogen-bond acceptors (Lipinski definition) is 7. The molecule has 0 spiro atoms. The molecule has 5 atom stereocenters. The molecule has 2 saturated heterocycles. The van der Waals surface area contributed by atoms with Crippen molar-refractivity contribution in [1.82, 2.24) is 9.55 Å². The molecule has 0 bridgehead atoms. The van der Waals surface area contributed by atoms with Crippen LogP contribution in [0.3, 0.4) is 0 Å². The van der Waals surface area contributed by atoms with Crippen LogP contribution in [0.1, 0.15) is 38.6 Å². The lowest BCUT2D eigenvalue weighted by Crippen LogP contribution is -2.33. The summed E-state index contributed by atoms with van der Waals surface area (Å²) in [4.78, 5) is 22.8. The molecule has 2 fully saturated rings. The lowest BCUT2D eigenvalue weighted by molar-refractivity contribution is -0.201. The second kappa shape index (κ2) is 9.70. The minimum absolute atomic E-state index is 0.0336. The van der Waals surface area contributed by atoms with Gasteiger partial charge in [0.15, 0.2) is 12.0 Å². The maximum Gasteiger partial charge on any atom is 0.350 e. The Kier molecular flexibility index (Phi) is 6.91. The number of rotatable bonds is 8. The summed E-state index contributed by atoms with van der Waals surface area (Å²) >= 11 is 6.43. The van der Waals surface area contributed by atoms with E-state index < -0.39 is 44.3 Å². The molecular formula is C24H29ClN3O7P. The molecule has 1 unspecified atom stereocenters. The molecule has 4 heterocycles. The highest BCUT2D eigenvalue weighted by Crippen LogP contribution is 2.45.